The molecule has 0 aliphatic heterocycles. The van der Waals surface area contributed by atoms with Gasteiger partial charge in [-0.1, -0.05) is 80.9 Å². The summed E-state index contributed by atoms with van der Waals surface area (Å²) in [6.45, 7) is 0. The molecule has 0 unspecified atom stereocenters. The third-order valence-electron chi connectivity index (χ3n) is 4.70. The fourth-order valence-corrected chi connectivity index (χ4v) is 4.15. The van der Waals surface area contributed by atoms with Crippen LogP contribution < -0.4 is 0 Å². The van der Waals surface area contributed by atoms with Gasteiger partial charge in [0.15, 0.2) is 10.9 Å². The zero-order valence-corrected chi connectivity index (χ0v) is 18.7. The van der Waals surface area contributed by atoms with Crippen LogP contribution in [0.2, 0.25) is 0 Å². The Morgan fingerprint density at radius 1 is 0.484 bits per heavy atom. The van der Waals surface area contributed by atoms with E-state index < -0.39 is 26.1 Å². The predicted octanol–water partition coefficient (Wildman–Crippen LogP) is 3.47. The summed E-state index contributed by atoms with van der Waals surface area (Å²) < 4.78 is 21.9. The molecule has 0 fully saturated rings. The Bertz CT molecular complexity index is 547. The molecule has 14 heteroatoms. The standard InChI is InChI=1S/C17H36N2O8P2.2Na.2H/c20-18-16(28(22,23)24)14-12-10-8-6-4-2-1-3-5-7-9-11-13-15-17(19-21)29(25,26)27;;;;/h20-21H,1-15H2,(H2,22,23,24)(H2,25,26,27);;;;/b18-16-,19-17+;;;;. The van der Waals surface area contributed by atoms with Gasteiger partial charge >= 0.3 is 74.3 Å². The van der Waals surface area contributed by atoms with E-state index in [0.29, 0.717) is 12.8 Å². The fraction of sp³-hybridized carbons (Fsp3) is 0.882. The van der Waals surface area contributed by atoms with Crippen molar-refractivity contribution in [2.24, 2.45) is 10.3 Å². The van der Waals surface area contributed by atoms with Gasteiger partial charge in [-0.2, -0.15) is 0 Å². The molecule has 0 aromatic heterocycles. The zero-order valence-electron chi connectivity index (χ0n) is 16.9. The van der Waals surface area contributed by atoms with E-state index in [1.165, 1.54) is 6.42 Å². The van der Waals surface area contributed by atoms with Crippen molar-refractivity contribution in [2.45, 2.75) is 96.3 Å². The van der Waals surface area contributed by atoms with Crippen LogP contribution in [0.1, 0.15) is 96.3 Å². The Kier molecular flexibility index (Phi) is 25.8. The third kappa shape index (κ3) is 21.5. The Hall–Kier alpha value is 1.24. The van der Waals surface area contributed by atoms with Gasteiger partial charge in [-0.25, -0.2) is 0 Å². The minimum absolute atomic E-state index is 0. The molecule has 0 saturated heterocycles. The van der Waals surface area contributed by atoms with Crippen LogP contribution in [0.5, 0.6) is 0 Å². The summed E-state index contributed by atoms with van der Waals surface area (Å²) in [7, 11) is -8.84. The molecule has 0 bridgehead atoms. The van der Waals surface area contributed by atoms with E-state index in [1.807, 2.05) is 0 Å². The molecular weight excluding hydrogens is 468 g/mol. The number of rotatable bonds is 18. The molecule has 0 amide bonds. The van der Waals surface area contributed by atoms with Crippen molar-refractivity contribution in [3.63, 3.8) is 0 Å². The van der Waals surface area contributed by atoms with Crippen molar-refractivity contribution >= 4 is 85.2 Å². The predicted molar refractivity (Wildman–Crippen MR) is 126 cm³/mol. The Labute approximate surface area is 229 Å². The minimum atomic E-state index is -4.42. The van der Waals surface area contributed by atoms with E-state index in [-0.39, 0.29) is 72.0 Å². The van der Waals surface area contributed by atoms with E-state index >= 15 is 0 Å². The second-order valence-corrected chi connectivity index (χ2v) is 10.4. The number of unbranched alkanes of at least 4 members (excludes halogenated alkanes) is 12. The molecule has 31 heavy (non-hydrogen) atoms. The first kappa shape index (κ1) is 36.8. The summed E-state index contributed by atoms with van der Waals surface area (Å²) in [5.74, 6) is 0. The van der Waals surface area contributed by atoms with E-state index in [2.05, 4.69) is 10.3 Å². The molecule has 0 saturated carbocycles. The summed E-state index contributed by atoms with van der Waals surface area (Å²) >= 11 is 0. The summed E-state index contributed by atoms with van der Waals surface area (Å²) in [4.78, 5) is 35.7. The van der Waals surface area contributed by atoms with Gasteiger partial charge in [-0.3, -0.25) is 9.13 Å². The van der Waals surface area contributed by atoms with Crippen molar-refractivity contribution in [1.29, 1.82) is 0 Å². The van der Waals surface area contributed by atoms with E-state index in [1.54, 1.807) is 0 Å². The quantitative estimate of drug-likeness (QED) is 0.0408. The van der Waals surface area contributed by atoms with Gasteiger partial charge in [-0.15, -0.1) is 0 Å². The first-order chi connectivity index (χ1) is 13.6. The summed E-state index contributed by atoms with van der Waals surface area (Å²) in [5, 5.41) is 22.5. The van der Waals surface area contributed by atoms with Crippen LogP contribution in [-0.4, -0.2) is 100 Å². The monoisotopic (exact) mass is 506 g/mol. The number of oxime groups is 2. The van der Waals surface area contributed by atoms with Gasteiger partial charge in [0.1, 0.15) is 0 Å². The van der Waals surface area contributed by atoms with Crippen molar-refractivity contribution in [2.75, 3.05) is 0 Å². The van der Waals surface area contributed by atoms with Gasteiger partial charge in [-0.05, 0) is 12.8 Å². The third-order valence-corrected chi connectivity index (χ3v) is 6.68. The van der Waals surface area contributed by atoms with Crippen LogP contribution in [0.15, 0.2) is 10.3 Å². The van der Waals surface area contributed by atoms with Gasteiger partial charge in [0, 0.05) is 12.8 Å². The maximum absolute atomic E-state index is 11.0. The molecule has 0 heterocycles. The van der Waals surface area contributed by atoms with Crippen LogP contribution in [0.3, 0.4) is 0 Å². The van der Waals surface area contributed by atoms with Gasteiger partial charge in [0.2, 0.25) is 0 Å². The molecule has 176 valence electrons. The van der Waals surface area contributed by atoms with Crippen molar-refractivity contribution in [3.05, 3.63) is 0 Å². The van der Waals surface area contributed by atoms with E-state index in [0.717, 1.165) is 64.2 Å². The molecular formula is C17H38N2Na2O8P2. The molecule has 6 N–H and O–H groups in total. The Morgan fingerprint density at radius 3 is 0.839 bits per heavy atom. The van der Waals surface area contributed by atoms with Crippen molar-refractivity contribution < 1.29 is 39.1 Å². The van der Waals surface area contributed by atoms with E-state index in [4.69, 9.17) is 30.0 Å². The Morgan fingerprint density at radius 2 is 0.677 bits per heavy atom. The average Bonchev–Trinajstić information content (AvgIpc) is 2.62. The van der Waals surface area contributed by atoms with Crippen LogP contribution >= 0.6 is 15.2 Å². The second-order valence-electron chi connectivity index (χ2n) is 7.22. The van der Waals surface area contributed by atoms with Gasteiger partial charge in [0.05, 0.1) is 0 Å². The van der Waals surface area contributed by atoms with Gasteiger partial charge in [0.25, 0.3) is 0 Å². The number of nitrogens with zero attached hydrogens (tertiary/aromatic N) is 2. The summed E-state index contributed by atoms with van der Waals surface area (Å²) in [6.07, 6.45) is 13.0. The molecule has 0 atom stereocenters. The fourth-order valence-electron chi connectivity index (χ4n) is 3.02. The first-order valence-corrected chi connectivity index (χ1v) is 13.4. The van der Waals surface area contributed by atoms with Crippen LogP contribution in [-0.2, 0) is 9.13 Å². The first-order valence-electron chi connectivity index (χ1n) is 10.2. The maximum atomic E-state index is 11.0. The molecule has 10 nitrogen and oxygen atoms in total. The van der Waals surface area contributed by atoms with Crippen molar-refractivity contribution in [1.82, 2.24) is 0 Å². The van der Waals surface area contributed by atoms with Crippen LogP contribution in [0.25, 0.3) is 0 Å². The normalized spacial score (nSPS) is 12.9. The molecule has 0 aromatic carbocycles. The molecule has 0 aliphatic rings. The average molecular weight is 506 g/mol. The molecule has 0 aromatic rings. The van der Waals surface area contributed by atoms with Crippen LogP contribution in [0.4, 0.5) is 0 Å². The zero-order chi connectivity index (χ0) is 22.2. The van der Waals surface area contributed by atoms with E-state index in [9.17, 15) is 9.13 Å². The molecule has 0 aliphatic carbocycles. The van der Waals surface area contributed by atoms with Crippen LogP contribution in [0, 0.1) is 0 Å². The summed E-state index contributed by atoms with van der Waals surface area (Å²) in [5.41, 5.74) is -0.887. The summed E-state index contributed by atoms with van der Waals surface area (Å²) in [6, 6.07) is 0. The SMILES string of the molecule is O=P(O)(O)/C(CCCCCCCCCCCCCCC/C(=N\O)P(=O)(O)O)=N\O.[NaH].[NaH]. The molecule has 0 radical (unpaired) electrons. The Balaban J connectivity index is -0.00000392. The topological polar surface area (TPSA) is 180 Å². The molecule has 0 spiro atoms. The second kappa shape index (κ2) is 21.8. The molecule has 0 rings (SSSR count). The van der Waals surface area contributed by atoms with Gasteiger partial charge < -0.3 is 30.0 Å². The number of hydrogen-bond donors (Lipinski definition) is 6. The van der Waals surface area contributed by atoms with Crippen molar-refractivity contribution in [3.8, 4) is 0 Å². The number of hydrogen-bond acceptors (Lipinski definition) is 6.